The van der Waals surface area contributed by atoms with Crippen LogP contribution in [0.15, 0.2) is 60.9 Å². The van der Waals surface area contributed by atoms with Gasteiger partial charge in [-0.15, -0.1) is 0 Å². The summed E-state index contributed by atoms with van der Waals surface area (Å²) in [4.78, 5) is 29.4. The molecule has 8 nitrogen and oxygen atoms in total. The number of hydrogen-bond acceptors (Lipinski definition) is 4. The molecule has 0 spiro atoms. The number of primary amides is 1. The number of aryl methyl sites for hydroxylation is 1. The molecule has 0 radical (unpaired) electrons. The average Bonchev–Trinajstić information content (AvgIpc) is 3.40. The first kappa shape index (κ1) is 22.5. The topological polar surface area (TPSA) is 119 Å². The third-order valence-electron chi connectivity index (χ3n) is 6.01. The van der Waals surface area contributed by atoms with Crippen LogP contribution in [0.2, 0.25) is 0 Å². The molecule has 0 atom stereocenters. The molecule has 178 valence electrons. The van der Waals surface area contributed by atoms with Crippen LogP contribution < -0.4 is 11.1 Å². The fourth-order valence-electron chi connectivity index (χ4n) is 4.15. The van der Waals surface area contributed by atoms with Crippen molar-refractivity contribution in [1.29, 1.82) is 0 Å². The molecule has 0 aliphatic heterocycles. The minimum absolute atomic E-state index is 0.0482. The quantitative estimate of drug-likeness (QED) is 0.344. The number of carbonyl (C=O) groups is 2. The van der Waals surface area contributed by atoms with Crippen LogP contribution in [-0.2, 0) is 11.2 Å². The smallest absolute Gasteiger partial charge is 0.249 e. The Bertz CT molecular complexity index is 1370. The number of rotatable bonds is 9. The lowest BCUT2D eigenvalue weighted by Gasteiger charge is -2.14. The highest BCUT2D eigenvalue weighted by Crippen LogP contribution is 2.36. The van der Waals surface area contributed by atoms with Crippen LogP contribution in [-0.4, -0.2) is 37.6 Å². The van der Waals surface area contributed by atoms with Gasteiger partial charge in [0, 0.05) is 29.9 Å². The normalized spacial score (nSPS) is 13.1. The highest BCUT2D eigenvalue weighted by Gasteiger charge is 2.25. The molecule has 2 aromatic heterocycles. The number of halogens is 1. The SMILES string of the molecule is NC(=O)c1cccc(-c2cn[nH]c2F)c1-c1nc(CCCC(=O)NC2CC2)cn1-c1ccccc1. The number of aromatic nitrogens is 4. The average molecular weight is 473 g/mol. The van der Waals surface area contributed by atoms with Gasteiger partial charge >= 0.3 is 0 Å². The van der Waals surface area contributed by atoms with Gasteiger partial charge in [-0.25, -0.2) is 4.98 Å². The van der Waals surface area contributed by atoms with Gasteiger partial charge in [0.15, 0.2) is 0 Å². The second-order valence-electron chi connectivity index (χ2n) is 8.65. The number of nitrogens with zero attached hydrogens (tertiary/aromatic N) is 3. The molecule has 0 saturated heterocycles. The van der Waals surface area contributed by atoms with Crippen molar-refractivity contribution in [3.63, 3.8) is 0 Å². The summed E-state index contributed by atoms with van der Waals surface area (Å²) in [5.74, 6) is -0.759. The number of carbonyl (C=O) groups excluding carboxylic acids is 2. The summed E-state index contributed by atoms with van der Waals surface area (Å²) in [6.45, 7) is 0. The van der Waals surface area contributed by atoms with E-state index in [-0.39, 0.29) is 17.0 Å². The number of nitrogens with one attached hydrogen (secondary N) is 2. The third-order valence-corrected chi connectivity index (χ3v) is 6.01. The lowest BCUT2D eigenvalue weighted by Crippen LogP contribution is -2.25. The summed E-state index contributed by atoms with van der Waals surface area (Å²) in [6, 6.07) is 14.8. The number of hydrogen-bond donors (Lipinski definition) is 3. The van der Waals surface area contributed by atoms with E-state index >= 15 is 0 Å². The molecule has 1 aliphatic carbocycles. The summed E-state index contributed by atoms with van der Waals surface area (Å²) in [7, 11) is 0. The Morgan fingerprint density at radius 2 is 1.91 bits per heavy atom. The fourth-order valence-corrected chi connectivity index (χ4v) is 4.15. The second kappa shape index (κ2) is 9.54. The Hall–Kier alpha value is -4.27. The van der Waals surface area contributed by atoms with Gasteiger partial charge < -0.3 is 11.1 Å². The van der Waals surface area contributed by atoms with E-state index in [2.05, 4.69) is 15.5 Å². The molecular weight excluding hydrogens is 447 g/mol. The van der Waals surface area contributed by atoms with Gasteiger partial charge in [-0.1, -0.05) is 30.3 Å². The fraction of sp³-hybridized carbons (Fsp3) is 0.231. The summed E-state index contributed by atoms with van der Waals surface area (Å²) < 4.78 is 16.4. The standard InChI is InChI=1S/C26H25FN6O2/c27-24-21(14-29-32-24)19-9-5-10-20(25(28)35)23(19)26-31-17(6-4-11-22(34)30-16-12-13-16)15-33(26)18-7-2-1-3-8-18/h1-3,5,7-10,14-16H,4,6,11-13H2,(H2,28,35)(H,29,32)(H,30,34). The minimum atomic E-state index is -0.647. The van der Waals surface area contributed by atoms with Crippen molar-refractivity contribution >= 4 is 11.8 Å². The van der Waals surface area contributed by atoms with Crippen LogP contribution in [0.25, 0.3) is 28.2 Å². The maximum Gasteiger partial charge on any atom is 0.249 e. The molecule has 0 unspecified atom stereocenters. The molecule has 4 aromatic rings. The molecule has 2 heterocycles. The predicted molar refractivity (Wildman–Crippen MR) is 129 cm³/mol. The van der Waals surface area contributed by atoms with E-state index in [1.54, 1.807) is 18.2 Å². The van der Waals surface area contributed by atoms with Crippen molar-refractivity contribution in [2.75, 3.05) is 0 Å². The molecule has 0 bridgehead atoms. The van der Waals surface area contributed by atoms with E-state index in [0.29, 0.717) is 42.3 Å². The van der Waals surface area contributed by atoms with Gasteiger partial charge in [-0.2, -0.15) is 9.49 Å². The number of aromatic amines is 1. The van der Waals surface area contributed by atoms with E-state index < -0.39 is 11.9 Å². The molecular formula is C26H25FN6O2. The molecule has 1 fully saturated rings. The Kier molecular flexibility index (Phi) is 6.13. The monoisotopic (exact) mass is 472 g/mol. The first-order valence-corrected chi connectivity index (χ1v) is 11.6. The zero-order chi connectivity index (χ0) is 24.4. The molecule has 1 saturated carbocycles. The van der Waals surface area contributed by atoms with Gasteiger partial charge in [0.1, 0.15) is 5.82 Å². The number of imidazole rings is 1. The first-order valence-electron chi connectivity index (χ1n) is 11.6. The maximum absolute atomic E-state index is 14.5. The zero-order valence-electron chi connectivity index (χ0n) is 19.0. The van der Waals surface area contributed by atoms with Crippen LogP contribution in [0, 0.1) is 5.95 Å². The van der Waals surface area contributed by atoms with Crippen molar-refractivity contribution in [1.82, 2.24) is 25.1 Å². The van der Waals surface area contributed by atoms with E-state index in [9.17, 15) is 14.0 Å². The van der Waals surface area contributed by atoms with Crippen LogP contribution in [0.1, 0.15) is 41.7 Å². The first-order chi connectivity index (χ1) is 17.0. The summed E-state index contributed by atoms with van der Waals surface area (Å²) in [5.41, 5.74) is 8.61. The highest BCUT2D eigenvalue weighted by atomic mass is 19.1. The van der Waals surface area contributed by atoms with Gasteiger partial charge in [-0.3, -0.25) is 19.3 Å². The number of benzene rings is 2. The molecule has 4 N–H and O–H groups in total. The van der Waals surface area contributed by atoms with E-state index in [1.807, 2.05) is 41.1 Å². The molecule has 1 aliphatic rings. The number of para-hydroxylation sites is 1. The summed E-state index contributed by atoms with van der Waals surface area (Å²) in [6.07, 6.45) is 6.96. The minimum Gasteiger partial charge on any atom is -0.366 e. The van der Waals surface area contributed by atoms with Crippen LogP contribution in [0.3, 0.4) is 0 Å². The second-order valence-corrected chi connectivity index (χ2v) is 8.65. The van der Waals surface area contributed by atoms with Crippen molar-refractivity contribution in [2.45, 2.75) is 38.1 Å². The van der Waals surface area contributed by atoms with Crippen molar-refractivity contribution in [3.05, 3.63) is 78.1 Å². The van der Waals surface area contributed by atoms with Crippen LogP contribution in [0.4, 0.5) is 4.39 Å². The molecule has 9 heteroatoms. The molecule has 2 amide bonds. The lowest BCUT2D eigenvalue weighted by atomic mass is 9.95. The zero-order valence-corrected chi connectivity index (χ0v) is 19.0. The van der Waals surface area contributed by atoms with Crippen LogP contribution in [0.5, 0.6) is 0 Å². The van der Waals surface area contributed by atoms with Gasteiger partial charge in [0.2, 0.25) is 17.8 Å². The number of nitrogens with two attached hydrogens (primary N) is 1. The maximum atomic E-state index is 14.5. The number of H-pyrrole nitrogens is 1. The van der Waals surface area contributed by atoms with Crippen molar-refractivity contribution < 1.29 is 14.0 Å². The largest absolute Gasteiger partial charge is 0.366 e. The Balaban J connectivity index is 1.57. The third kappa shape index (κ3) is 4.84. The van der Waals surface area contributed by atoms with Crippen LogP contribution >= 0.6 is 0 Å². The molecule has 5 rings (SSSR count). The Labute approximate surface area is 201 Å². The Morgan fingerprint density at radius 3 is 2.60 bits per heavy atom. The van der Waals surface area contributed by atoms with E-state index in [1.165, 1.54) is 6.20 Å². The predicted octanol–water partition coefficient (Wildman–Crippen LogP) is 3.77. The van der Waals surface area contributed by atoms with Crippen molar-refractivity contribution in [2.24, 2.45) is 5.73 Å². The van der Waals surface area contributed by atoms with Gasteiger partial charge in [0.05, 0.1) is 23.0 Å². The van der Waals surface area contributed by atoms with E-state index in [4.69, 9.17) is 10.7 Å². The lowest BCUT2D eigenvalue weighted by molar-refractivity contribution is -0.121. The van der Waals surface area contributed by atoms with E-state index in [0.717, 1.165) is 24.2 Å². The Morgan fingerprint density at radius 1 is 1.11 bits per heavy atom. The highest BCUT2D eigenvalue weighted by molar-refractivity contribution is 6.03. The van der Waals surface area contributed by atoms with Gasteiger partial charge in [0.25, 0.3) is 0 Å². The van der Waals surface area contributed by atoms with Crippen molar-refractivity contribution in [3.8, 4) is 28.2 Å². The van der Waals surface area contributed by atoms with Gasteiger partial charge in [-0.05, 0) is 49.4 Å². The molecule has 35 heavy (non-hydrogen) atoms. The molecule has 2 aromatic carbocycles. The number of amides is 2. The summed E-state index contributed by atoms with van der Waals surface area (Å²) in [5, 5.41) is 9.09. The summed E-state index contributed by atoms with van der Waals surface area (Å²) >= 11 is 0.